The van der Waals surface area contributed by atoms with Gasteiger partial charge in [0, 0.05) is 0 Å². The topological polar surface area (TPSA) is 93.7 Å². The van der Waals surface area contributed by atoms with Crippen molar-refractivity contribution in [3.05, 3.63) is 0 Å². The van der Waals surface area contributed by atoms with Gasteiger partial charge in [-0.25, -0.2) is 0 Å². The summed E-state index contributed by atoms with van der Waals surface area (Å²) in [6.45, 7) is 0. The molecule has 0 aromatic carbocycles. The Kier molecular flexibility index (Phi) is 85.2. The van der Waals surface area contributed by atoms with Crippen LogP contribution in [0.5, 0.6) is 0 Å². The summed E-state index contributed by atoms with van der Waals surface area (Å²) in [5.74, 6) is 4.14. The first-order valence-corrected chi connectivity index (χ1v) is 0.482. The highest BCUT2D eigenvalue weighted by molar-refractivity contribution is 3.51. The highest BCUT2D eigenvalue weighted by atomic mass is 16.0. The van der Waals surface area contributed by atoms with Crippen molar-refractivity contribution >= 4 is 0 Å². The van der Waals surface area contributed by atoms with Crippen LogP contribution in [0.4, 0.5) is 0 Å². The highest BCUT2D eigenvalue weighted by Crippen LogP contribution is 1.13. The van der Waals surface area contributed by atoms with Crippen molar-refractivity contribution in [2.24, 2.45) is 11.1 Å². The fraction of sp³-hybridized carbons (Fsp3) is 0. The SMILES string of the molecule is N=NN.O. The zero-order chi connectivity index (χ0) is 2.71. The summed E-state index contributed by atoms with van der Waals surface area (Å²) >= 11 is 0. The maximum atomic E-state index is 5.61. The molecule has 0 amide bonds. The van der Waals surface area contributed by atoms with Gasteiger partial charge in [0.05, 0.1) is 0 Å². The Balaban J connectivity index is 0. The van der Waals surface area contributed by atoms with E-state index < -0.39 is 0 Å². The number of rotatable bonds is 0. The van der Waals surface area contributed by atoms with Crippen LogP contribution in [0.2, 0.25) is 0 Å². The van der Waals surface area contributed by atoms with Crippen LogP contribution in [-0.4, -0.2) is 5.48 Å². The van der Waals surface area contributed by atoms with Crippen molar-refractivity contribution in [1.82, 2.24) is 0 Å². The molecule has 0 aromatic heterocycles. The van der Waals surface area contributed by atoms with Gasteiger partial charge in [0.15, 0.2) is 0 Å². The minimum Gasteiger partial charge on any atom is -0.412 e. The van der Waals surface area contributed by atoms with E-state index in [0.717, 1.165) is 0 Å². The van der Waals surface area contributed by atoms with Gasteiger partial charge in [-0.3, -0.25) is 0 Å². The number of hydrogen-bond acceptors (Lipinski definition) is 2. The van der Waals surface area contributed by atoms with E-state index in [4.69, 9.17) is 5.53 Å². The van der Waals surface area contributed by atoms with E-state index in [-0.39, 0.29) is 5.48 Å². The second kappa shape index (κ2) is 33.7. The minimum absolute atomic E-state index is 0. The molecule has 26 valence electrons. The Morgan fingerprint density at radius 2 is 1.75 bits per heavy atom. The molecule has 4 heavy (non-hydrogen) atoms. The lowest BCUT2D eigenvalue weighted by atomic mass is 12.8. The maximum absolute atomic E-state index is 5.61. The summed E-state index contributed by atoms with van der Waals surface area (Å²) < 4.78 is 0. The third-order valence-electron chi connectivity index (χ3n) is 0. The Hall–Kier alpha value is -0.640. The number of nitrogens with two attached hydrogens (primary N) is 1. The van der Waals surface area contributed by atoms with Gasteiger partial charge < -0.3 is 11.3 Å². The molecule has 0 spiro atoms. The van der Waals surface area contributed by atoms with Crippen molar-refractivity contribution in [1.29, 1.82) is 5.53 Å². The Bertz CT molecular complexity index is 10.8. The smallest absolute Gasteiger partial charge is 0.0856 e. The summed E-state index contributed by atoms with van der Waals surface area (Å²) in [7, 11) is 0. The van der Waals surface area contributed by atoms with Gasteiger partial charge in [-0.05, 0) is 0 Å². The molecule has 0 radical (unpaired) electrons. The van der Waals surface area contributed by atoms with E-state index in [9.17, 15) is 0 Å². The van der Waals surface area contributed by atoms with Crippen LogP contribution in [0.15, 0.2) is 5.22 Å². The molecule has 0 saturated heterocycles. The van der Waals surface area contributed by atoms with Gasteiger partial charge >= 0.3 is 0 Å². The quantitative estimate of drug-likeness (QED) is 0.212. The average Bonchev–Trinajstić information content (AvgIpc) is 0.918. The Morgan fingerprint density at radius 1 is 1.75 bits per heavy atom. The largest absolute Gasteiger partial charge is 0.412 e. The third-order valence-corrected chi connectivity index (χ3v) is 0. The number of hydrogen-bond donors (Lipinski definition) is 2. The van der Waals surface area contributed by atoms with Gasteiger partial charge in [0.1, 0.15) is 0 Å². The van der Waals surface area contributed by atoms with Gasteiger partial charge in [-0.1, -0.05) is 5.22 Å². The summed E-state index contributed by atoms with van der Waals surface area (Å²) in [4.78, 5) is 0. The molecule has 5 N–H and O–H groups in total. The summed E-state index contributed by atoms with van der Waals surface area (Å²) in [5.41, 5.74) is 5.61. The molecule has 4 nitrogen and oxygen atoms in total. The van der Waals surface area contributed by atoms with Crippen molar-refractivity contribution < 1.29 is 5.48 Å². The summed E-state index contributed by atoms with van der Waals surface area (Å²) in [6.07, 6.45) is 0. The van der Waals surface area contributed by atoms with Crippen molar-refractivity contribution in [3.63, 3.8) is 0 Å². The standard InChI is InChI=1S/H3N3.H2O/c1-3-2;/h(H3,1,2);1H2. The predicted octanol–water partition coefficient (Wildman–Crippen LogP) is -0.934. The van der Waals surface area contributed by atoms with Gasteiger partial charge in [0.2, 0.25) is 0 Å². The molecule has 0 atom stereocenters. The minimum atomic E-state index is 0. The molecule has 4 heteroatoms. The molecule has 0 aliphatic carbocycles. The van der Waals surface area contributed by atoms with E-state index in [2.05, 4.69) is 11.1 Å². The number of nitrogens with one attached hydrogen (secondary N) is 1. The predicted molar refractivity (Wildman–Crippen MR) is 12.9 cm³/mol. The molecule has 0 aliphatic rings. The van der Waals surface area contributed by atoms with Gasteiger partial charge in [0.25, 0.3) is 0 Å². The van der Waals surface area contributed by atoms with E-state index in [1.54, 1.807) is 0 Å². The van der Waals surface area contributed by atoms with E-state index in [1.165, 1.54) is 0 Å². The lowest BCUT2D eigenvalue weighted by Crippen LogP contribution is -1.66. The summed E-state index contributed by atoms with van der Waals surface area (Å²) in [6, 6.07) is 0. The van der Waals surface area contributed by atoms with Crippen LogP contribution in [0.25, 0.3) is 0 Å². The lowest BCUT2D eigenvalue weighted by Gasteiger charge is -1.40. The molecule has 0 aliphatic heterocycles. The van der Waals surface area contributed by atoms with Crippen LogP contribution in [-0.2, 0) is 0 Å². The van der Waals surface area contributed by atoms with E-state index >= 15 is 0 Å². The molecular formula is H5N3O. The molecule has 0 aromatic rings. The summed E-state index contributed by atoms with van der Waals surface area (Å²) in [5, 5.41) is 2.25. The van der Waals surface area contributed by atoms with Gasteiger partial charge in [-0.15, -0.1) is 0 Å². The Morgan fingerprint density at radius 3 is 1.75 bits per heavy atom. The molecule has 0 unspecified atom stereocenters. The first kappa shape index (κ1) is 10.1. The molecule has 0 saturated carbocycles. The average molecular weight is 63.1 g/mol. The third kappa shape index (κ3) is 0.430. The fourth-order valence-electron chi connectivity index (χ4n) is 0. The normalized spacial score (nSPS) is 3.00. The second-order valence-electron chi connectivity index (χ2n) is 0.129. The fourth-order valence-corrected chi connectivity index (χ4v) is 0. The lowest BCUT2D eigenvalue weighted by molar-refractivity contribution is 0.824. The highest BCUT2D eigenvalue weighted by Gasteiger charge is 1.05. The zero-order valence-corrected chi connectivity index (χ0v) is 2.02. The van der Waals surface area contributed by atoms with Crippen molar-refractivity contribution in [3.8, 4) is 0 Å². The van der Waals surface area contributed by atoms with Crippen LogP contribution in [0, 0.1) is 5.53 Å². The zero-order valence-electron chi connectivity index (χ0n) is 2.02. The molecule has 0 bridgehead atoms. The van der Waals surface area contributed by atoms with Crippen LogP contribution >= 0.6 is 0 Å². The number of nitrogens with zero attached hydrogens (tertiary/aromatic N) is 1. The van der Waals surface area contributed by atoms with Crippen LogP contribution < -0.4 is 5.84 Å². The van der Waals surface area contributed by atoms with Crippen LogP contribution in [0.3, 0.4) is 0 Å². The molecule has 0 fully saturated rings. The Labute approximate surface area is 23.4 Å². The first-order chi connectivity index (χ1) is 1.41. The van der Waals surface area contributed by atoms with Crippen molar-refractivity contribution in [2.45, 2.75) is 0 Å². The van der Waals surface area contributed by atoms with Crippen molar-refractivity contribution in [2.75, 3.05) is 0 Å². The molecule has 0 heterocycles. The molecular weight excluding hydrogens is 58.0 g/mol. The first-order valence-electron chi connectivity index (χ1n) is 0.482. The van der Waals surface area contributed by atoms with Crippen LogP contribution in [0.1, 0.15) is 0 Å². The monoisotopic (exact) mass is 63.0 g/mol. The second-order valence-corrected chi connectivity index (χ2v) is 0.129. The van der Waals surface area contributed by atoms with Gasteiger partial charge in [-0.2, -0.15) is 5.53 Å². The maximum Gasteiger partial charge on any atom is -0.0856 e. The molecule has 0 rings (SSSR count). The van der Waals surface area contributed by atoms with E-state index in [1.807, 2.05) is 0 Å². The van der Waals surface area contributed by atoms with E-state index in [0.29, 0.717) is 0 Å².